The molecule has 1 aromatic carbocycles. The van der Waals surface area contributed by atoms with Crippen LogP contribution in [0.25, 0.3) is 5.69 Å². The smallest absolute Gasteiger partial charge is 0.191 e. The van der Waals surface area contributed by atoms with Crippen molar-refractivity contribution in [2.24, 2.45) is 4.99 Å². The number of aromatic nitrogens is 2. The van der Waals surface area contributed by atoms with Crippen LogP contribution in [0.2, 0.25) is 0 Å². The van der Waals surface area contributed by atoms with E-state index in [1.807, 2.05) is 17.7 Å². The first-order valence-corrected chi connectivity index (χ1v) is 9.37. The number of hydrogen-bond donors (Lipinski definition) is 2. The number of aryl methyl sites for hydroxylation is 2. The van der Waals surface area contributed by atoms with Crippen LogP contribution in [0.3, 0.4) is 0 Å². The largest absolute Gasteiger partial charge is 0.355 e. The van der Waals surface area contributed by atoms with E-state index in [0.29, 0.717) is 6.54 Å². The average Bonchev–Trinajstić information content (AvgIpc) is 2.99. The van der Waals surface area contributed by atoms with Crippen LogP contribution in [0.15, 0.2) is 35.3 Å². The Morgan fingerprint density at radius 2 is 1.88 bits per heavy atom. The molecule has 26 heavy (non-hydrogen) atoms. The van der Waals surface area contributed by atoms with Crippen molar-refractivity contribution >= 4 is 5.96 Å². The molecule has 0 bridgehead atoms. The minimum atomic E-state index is 0.694. The maximum Gasteiger partial charge on any atom is 0.191 e. The number of benzene rings is 1. The molecule has 0 atom stereocenters. The molecular formula is C20H32N6. The molecule has 0 aliphatic rings. The van der Waals surface area contributed by atoms with Crippen molar-refractivity contribution in [3.63, 3.8) is 0 Å². The number of hydrogen-bond acceptors (Lipinski definition) is 3. The third kappa shape index (κ3) is 5.33. The van der Waals surface area contributed by atoms with Gasteiger partial charge in [0.2, 0.25) is 0 Å². The fourth-order valence-corrected chi connectivity index (χ4v) is 3.01. The Kier molecular flexibility index (Phi) is 7.66. The molecule has 142 valence electrons. The fraction of sp³-hybridized carbons (Fsp3) is 0.500. The average molecular weight is 357 g/mol. The third-order valence-corrected chi connectivity index (χ3v) is 4.51. The first-order chi connectivity index (χ1) is 12.6. The number of likely N-dealkylation sites (N-methyl/N-ethyl adjacent to an activating group) is 1. The van der Waals surface area contributed by atoms with Crippen LogP contribution >= 0.6 is 0 Å². The molecule has 2 N–H and O–H groups in total. The Morgan fingerprint density at radius 3 is 2.50 bits per heavy atom. The molecule has 0 saturated heterocycles. The highest BCUT2D eigenvalue weighted by Crippen LogP contribution is 2.16. The molecule has 0 aliphatic carbocycles. The summed E-state index contributed by atoms with van der Waals surface area (Å²) in [6.07, 6.45) is 0. The monoisotopic (exact) mass is 356 g/mol. The standard InChI is InChI=1S/C20H32N6/c1-6-25(7-2)13-12-22-20(21-5)23-15-18-10-8-9-11-19(18)26-17(4)14-16(3)24-26/h8-11,14H,6-7,12-13,15H2,1-5H3,(H2,21,22,23). The maximum absolute atomic E-state index is 4.61. The van der Waals surface area contributed by atoms with Gasteiger partial charge < -0.3 is 15.5 Å². The quantitative estimate of drug-likeness (QED) is 0.564. The van der Waals surface area contributed by atoms with Crippen LogP contribution in [0.1, 0.15) is 30.8 Å². The Morgan fingerprint density at radius 1 is 1.15 bits per heavy atom. The van der Waals surface area contributed by atoms with Gasteiger partial charge in [0.05, 0.1) is 11.4 Å². The Labute approximate surface area is 157 Å². The van der Waals surface area contributed by atoms with Gasteiger partial charge in [0, 0.05) is 32.4 Å². The van der Waals surface area contributed by atoms with Gasteiger partial charge in [-0.3, -0.25) is 4.99 Å². The predicted octanol–water partition coefficient (Wildman–Crippen LogP) is 2.50. The molecule has 0 fully saturated rings. The summed E-state index contributed by atoms with van der Waals surface area (Å²) < 4.78 is 2.00. The lowest BCUT2D eigenvalue weighted by Gasteiger charge is -2.19. The molecule has 2 rings (SSSR count). The lowest BCUT2D eigenvalue weighted by molar-refractivity contribution is 0.308. The van der Waals surface area contributed by atoms with Crippen molar-refractivity contribution in [1.82, 2.24) is 25.3 Å². The zero-order chi connectivity index (χ0) is 18.9. The fourth-order valence-electron chi connectivity index (χ4n) is 3.01. The summed E-state index contributed by atoms with van der Waals surface area (Å²) in [6.45, 7) is 13.2. The van der Waals surface area contributed by atoms with E-state index in [1.54, 1.807) is 7.05 Å². The maximum atomic E-state index is 4.61. The molecule has 0 unspecified atom stereocenters. The van der Waals surface area contributed by atoms with E-state index in [4.69, 9.17) is 0 Å². The van der Waals surface area contributed by atoms with Crippen LogP contribution in [-0.2, 0) is 6.54 Å². The van der Waals surface area contributed by atoms with Crippen molar-refractivity contribution in [3.05, 3.63) is 47.3 Å². The lowest BCUT2D eigenvalue weighted by Crippen LogP contribution is -2.41. The zero-order valence-electron chi connectivity index (χ0n) is 16.7. The van der Waals surface area contributed by atoms with Gasteiger partial charge >= 0.3 is 0 Å². The first-order valence-electron chi connectivity index (χ1n) is 9.37. The minimum Gasteiger partial charge on any atom is -0.355 e. The van der Waals surface area contributed by atoms with Crippen LogP contribution < -0.4 is 10.6 Å². The molecule has 0 spiro atoms. The predicted molar refractivity (Wildman–Crippen MR) is 109 cm³/mol. The van der Waals surface area contributed by atoms with E-state index >= 15 is 0 Å². The number of guanidine groups is 1. The van der Waals surface area contributed by atoms with Crippen molar-refractivity contribution in [1.29, 1.82) is 0 Å². The minimum absolute atomic E-state index is 0.694. The summed E-state index contributed by atoms with van der Waals surface area (Å²) in [5.41, 5.74) is 4.45. The van der Waals surface area contributed by atoms with Gasteiger partial charge in [0.25, 0.3) is 0 Å². The van der Waals surface area contributed by atoms with E-state index in [0.717, 1.165) is 49.2 Å². The molecular weight excluding hydrogens is 324 g/mol. The summed E-state index contributed by atoms with van der Waals surface area (Å²) >= 11 is 0. The van der Waals surface area contributed by atoms with Crippen LogP contribution in [0.4, 0.5) is 0 Å². The summed E-state index contributed by atoms with van der Waals surface area (Å²) in [5, 5.41) is 11.4. The van der Waals surface area contributed by atoms with Crippen LogP contribution in [-0.4, -0.2) is 53.9 Å². The second-order valence-corrected chi connectivity index (χ2v) is 6.35. The molecule has 1 aromatic heterocycles. The van der Waals surface area contributed by atoms with Gasteiger partial charge in [-0.25, -0.2) is 4.68 Å². The molecule has 6 nitrogen and oxygen atoms in total. The van der Waals surface area contributed by atoms with E-state index in [2.05, 4.69) is 70.7 Å². The highest BCUT2D eigenvalue weighted by Gasteiger charge is 2.09. The summed E-state index contributed by atoms with van der Waals surface area (Å²) in [4.78, 5) is 6.72. The third-order valence-electron chi connectivity index (χ3n) is 4.51. The molecule has 1 heterocycles. The normalized spacial score (nSPS) is 11.8. The molecule has 0 aliphatic heterocycles. The van der Waals surface area contributed by atoms with Crippen LogP contribution in [0, 0.1) is 13.8 Å². The molecule has 0 amide bonds. The van der Waals surface area contributed by atoms with Crippen molar-refractivity contribution < 1.29 is 0 Å². The number of aliphatic imine (C=N–C) groups is 1. The molecule has 0 radical (unpaired) electrons. The number of para-hydroxylation sites is 1. The summed E-state index contributed by atoms with van der Waals surface area (Å²) in [6, 6.07) is 10.4. The number of nitrogens with one attached hydrogen (secondary N) is 2. The van der Waals surface area contributed by atoms with E-state index in [9.17, 15) is 0 Å². The molecule has 2 aromatic rings. The van der Waals surface area contributed by atoms with Gasteiger partial charge in [-0.05, 0) is 44.6 Å². The van der Waals surface area contributed by atoms with Crippen molar-refractivity contribution in [2.75, 3.05) is 33.2 Å². The van der Waals surface area contributed by atoms with Gasteiger partial charge in [-0.15, -0.1) is 0 Å². The summed E-state index contributed by atoms with van der Waals surface area (Å²) in [5.74, 6) is 0.820. The Hall–Kier alpha value is -2.34. The SMILES string of the molecule is CCN(CC)CCNC(=NC)NCc1ccccc1-n1nc(C)cc1C. The Bertz CT molecular complexity index is 715. The topological polar surface area (TPSA) is 57.5 Å². The van der Waals surface area contributed by atoms with Gasteiger partial charge in [0.15, 0.2) is 5.96 Å². The molecule has 0 saturated carbocycles. The lowest BCUT2D eigenvalue weighted by atomic mass is 10.1. The highest BCUT2D eigenvalue weighted by atomic mass is 15.3. The first kappa shape index (κ1) is 20.0. The van der Waals surface area contributed by atoms with E-state index in [-0.39, 0.29) is 0 Å². The second-order valence-electron chi connectivity index (χ2n) is 6.35. The number of nitrogens with zero attached hydrogens (tertiary/aromatic N) is 4. The van der Waals surface area contributed by atoms with E-state index < -0.39 is 0 Å². The highest BCUT2D eigenvalue weighted by molar-refractivity contribution is 5.79. The Balaban J connectivity index is 1.99. The van der Waals surface area contributed by atoms with Crippen molar-refractivity contribution in [2.45, 2.75) is 34.2 Å². The van der Waals surface area contributed by atoms with Crippen molar-refractivity contribution in [3.8, 4) is 5.69 Å². The molecule has 6 heteroatoms. The van der Waals surface area contributed by atoms with Crippen LogP contribution in [0.5, 0.6) is 0 Å². The zero-order valence-corrected chi connectivity index (χ0v) is 16.7. The summed E-state index contributed by atoms with van der Waals surface area (Å²) in [7, 11) is 1.81. The number of rotatable bonds is 8. The van der Waals surface area contributed by atoms with Gasteiger partial charge in [-0.2, -0.15) is 5.10 Å². The van der Waals surface area contributed by atoms with E-state index in [1.165, 1.54) is 5.56 Å². The second kappa shape index (κ2) is 9.97. The van der Waals surface area contributed by atoms with Gasteiger partial charge in [0.1, 0.15) is 0 Å². The van der Waals surface area contributed by atoms with Gasteiger partial charge in [-0.1, -0.05) is 32.0 Å².